The van der Waals surface area contributed by atoms with E-state index >= 15 is 0 Å². The molecule has 3 N–H and O–H groups in total. The molecule has 0 atom stereocenters. The fraction of sp³-hybridized carbons (Fsp3) is 0.600. The van der Waals surface area contributed by atoms with Crippen LogP contribution in [0, 0.1) is 5.41 Å². The highest BCUT2D eigenvalue weighted by molar-refractivity contribution is 6.02. The first kappa shape index (κ1) is 23.1. The Kier molecular flexibility index (Phi) is 9.41. The summed E-state index contributed by atoms with van der Waals surface area (Å²) in [7, 11) is 3.16. The summed E-state index contributed by atoms with van der Waals surface area (Å²) >= 11 is 0. The molecule has 0 radical (unpaired) electrons. The molecule has 0 aromatic heterocycles. The van der Waals surface area contributed by atoms with Crippen molar-refractivity contribution in [2.45, 2.75) is 38.5 Å². The van der Waals surface area contributed by atoms with Crippen molar-refractivity contribution in [1.82, 2.24) is 0 Å². The van der Waals surface area contributed by atoms with E-state index in [0.717, 1.165) is 5.56 Å². The fourth-order valence-electron chi connectivity index (χ4n) is 2.85. The van der Waals surface area contributed by atoms with Crippen molar-refractivity contribution < 1.29 is 34.4 Å². The highest BCUT2D eigenvalue weighted by atomic mass is 16.5. The molecule has 7 nitrogen and oxygen atoms in total. The molecule has 0 saturated heterocycles. The number of rotatable bonds is 7. The third-order valence-electron chi connectivity index (χ3n) is 4.98. The highest BCUT2D eigenvalue weighted by Gasteiger charge is 2.28. The van der Waals surface area contributed by atoms with E-state index < -0.39 is 5.41 Å². The van der Waals surface area contributed by atoms with E-state index in [2.05, 4.69) is 0 Å². The SMILES string of the molecule is CCC(CO)(CO)CO.COc1ccc(C2CC(=O)CC(=O)C2)c(OC)c1. The molecule has 0 unspecified atom stereocenters. The molecule has 2 rings (SSSR count). The van der Waals surface area contributed by atoms with Crippen LogP contribution in [0.2, 0.25) is 0 Å². The zero-order chi connectivity index (χ0) is 20.4. The molecule has 0 amide bonds. The van der Waals surface area contributed by atoms with Crippen LogP contribution in [0.4, 0.5) is 0 Å². The molecule has 27 heavy (non-hydrogen) atoms. The molecular weight excluding hydrogens is 352 g/mol. The Morgan fingerprint density at radius 2 is 1.56 bits per heavy atom. The van der Waals surface area contributed by atoms with Crippen LogP contribution in [-0.4, -0.2) is 60.9 Å². The van der Waals surface area contributed by atoms with Crippen LogP contribution in [0.5, 0.6) is 11.5 Å². The summed E-state index contributed by atoms with van der Waals surface area (Å²) in [5, 5.41) is 26.0. The topological polar surface area (TPSA) is 113 Å². The van der Waals surface area contributed by atoms with Crippen molar-refractivity contribution in [3.63, 3.8) is 0 Å². The summed E-state index contributed by atoms with van der Waals surface area (Å²) < 4.78 is 10.4. The van der Waals surface area contributed by atoms with Crippen LogP contribution in [0.1, 0.15) is 44.1 Å². The molecule has 1 aromatic carbocycles. The minimum Gasteiger partial charge on any atom is -0.497 e. The first-order valence-electron chi connectivity index (χ1n) is 8.96. The minimum absolute atomic E-state index is 0.00845. The molecule has 152 valence electrons. The van der Waals surface area contributed by atoms with Gasteiger partial charge in [-0.05, 0) is 18.1 Å². The van der Waals surface area contributed by atoms with Gasteiger partial charge in [0.2, 0.25) is 0 Å². The normalized spacial score (nSPS) is 15.2. The second kappa shape index (κ2) is 11.0. The Morgan fingerprint density at radius 1 is 1.00 bits per heavy atom. The fourth-order valence-corrected chi connectivity index (χ4v) is 2.85. The molecule has 0 spiro atoms. The van der Waals surface area contributed by atoms with Gasteiger partial charge in [0.1, 0.15) is 23.1 Å². The lowest BCUT2D eigenvalue weighted by Gasteiger charge is -2.24. The highest BCUT2D eigenvalue weighted by Crippen LogP contribution is 2.36. The van der Waals surface area contributed by atoms with Crippen LogP contribution >= 0.6 is 0 Å². The quantitative estimate of drug-likeness (QED) is 0.612. The molecule has 0 heterocycles. The number of methoxy groups -OCH3 is 2. The van der Waals surface area contributed by atoms with Crippen molar-refractivity contribution in [3.05, 3.63) is 23.8 Å². The second-order valence-electron chi connectivity index (χ2n) is 6.80. The molecule has 1 aliphatic rings. The van der Waals surface area contributed by atoms with Gasteiger partial charge in [-0.15, -0.1) is 0 Å². The van der Waals surface area contributed by atoms with E-state index in [0.29, 0.717) is 30.8 Å². The van der Waals surface area contributed by atoms with Crippen LogP contribution in [0.15, 0.2) is 18.2 Å². The van der Waals surface area contributed by atoms with Crippen molar-refractivity contribution in [2.24, 2.45) is 5.41 Å². The number of ketones is 2. The van der Waals surface area contributed by atoms with E-state index in [9.17, 15) is 9.59 Å². The standard InChI is InChI=1S/C14H16O4.C6H14O3/c1-17-12-3-4-13(14(8-12)18-2)9-5-10(15)7-11(16)6-9;1-2-6(3-7,4-8)5-9/h3-4,8-9H,5-7H2,1-2H3;7-9H,2-5H2,1H3. The van der Waals surface area contributed by atoms with Crippen LogP contribution < -0.4 is 9.47 Å². The van der Waals surface area contributed by atoms with Gasteiger partial charge >= 0.3 is 0 Å². The third-order valence-corrected chi connectivity index (χ3v) is 4.98. The molecule has 1 aromatic rings. The van der Waals surface area contributed by atoms with Gasteiger partial charge in [-0.25, -0.2) is 0 Å². The van der Waals surface area contributed by atoms with Gasteiger partial charge in [0.15, 0.2) is 0 Å². The van der Waals surface area contributed by atoms with Gasteiger partial charge in [-0.3, -0.25) is 9.59 Å². The number of aliphatic hydroxyl groups excluding tert-OH is 3. The van der Waals surface area contributed by atoms with E-state index in [1.807, 2.05) is 19.1 Å². The monoisotopic (exact) mass is 382 g/mol. The second-order valence-corrected chi connectivity index (χ2v) is 6.80. The summed E-state index contributed by atoms with van der Waals surface area (Å²) in [5.41, 5.74) is 0.236. The average Bonchev–Trinajstić information content (AvgIpc) is 2.69. The Morgan fingerprint density at radius 3 is 1.93 bits per heavy atom. The summed E-state index contributed by atoms with van der Waals surface area (Å²) in [6, 6.07) is 5.47. The van der Waals surface area contributed by atoms with E-state index in [-0.39, 0.29) is 43.7 Å². The van der Waals surface area contributed by atoms with E-state index in [1.165, 1.54) is 0 Å². The van der Waals surface area contributed by atoms with Crippen LogP contribution in [0.3, 0.4) is 0 Å². The summed E-state index contributed by atoms with van der Waals surface area (Å²) in [6.45, 7) is 1.35. The van der Waals surface area contributed by atoms with Gasteiger partial charge < -0.3 is 24.8 Å². The maximum Gasteiger partial charge on any atom is 0.140 e. The Labute approximate surface area is 159 Å². The maximum absolute atomic E-state index is 11.5. The third kappa shape index (κ3) is 6.30. The Balaban J connectivity index is 0.000000345. The summed E-state index contributed by atoms with van der Waals surface area (Å²) in [4.78, 5) is 23.0. The number of hydrogen-bond acceptors (Lipinski definition) is 7. The zero-order valence-corrected chi connectivity index (χ0v) is 16.2. The smallest absolute Gasteiger partial charge is 0.140 e. The van der Waals surface area contributed by atoms with Crippen molar-refractivity contribution in [2.75, 3.05) is 34.0 Å². The largest absolute Gasteiger partial charge is 0.497 e. The summed E-state index contributed by atoms with van der Waals surface area (Å²) in [5.74, 6) is 1.31. The lowest BCUT2D eigenvalue weighted by molar-refractivity contribution is -0.130. The van der Waals surface area contributed by atoms with Crippen molar-refractivity contribution in [1.29, 1.82) is 0 Å². The van der Waals surface area contributed by atoms with Crippen molar-refractivity contribution >= 4 is 11.6 Å². The Hall–Kier alpha value is -1.96. The number of aliphatic hydroxyl groups is 3. The zero-order valence-electron chi connectivity index (χ0n) is 16.2. The van der Waals surface area contributed by atoms with E-state index in [4.69, 9.17) is 24.8 Å². The first-order valence-corrected chi connectivity index (χ1v) is 8.96. The minimum atomic E-state index is -0.667. The number of carbonyl (C=O) groups excluding carboxylic acids is 2. The van der Waals surface area contributed by atoms with Crippen molar-refractivity contribution in [3.8, 4) is 11.5 Å². The number of hydrogen-bond donors (Lipinski definition) is 3. The predicted molar refractivity (Wildman–Crippen MR) is 100 cm³/mol. The molecule has 1 saturated carbocycles. The number of Topliss-reactive ketones (excluding diaryl/α,β-unsaturated/α-hetero) is 2. The molecular formula is C20H30O7. The summed E-state index contributed by atoms with van der Waals surface area (Å²) in [6.07, 6.45) is 1.49. The lowest BCUT2D eigenvalue weighted by Crippen LogP contribution is -2.32. The molecule has 1 aliphatic carbocycles. The first-order chi connectivity index (χ1) is 12.9. The maximum atomic E-state index is 11.5. The molecule has 0 aliphatic heterocycles. The molecule has 7 heteroatoms. The van der Waals surface area contributed by atoms with Gasteiger partial charge in [-0.1, -0.05) is 13.0 Å². The predicted octanol–water partition coefficient (Wildman–Crippen LogP) is 1.47. The Bertz CT molecular complexity index is 589. The van der Waals surface area contributed by atoms with Crippen LogP contribution in [0.25, 0.3) is 0 Å². The van der Waals surface area contributed by atoms with Crippen LogP contribution in [-0.2, 0) is 9.59 Å². The van der Waals surface area contributed by atoms with Gasteiger partial charge in [0.05, 0.1) is 40.5 Å². The van der Waals surface area contributed by atoms with E-state index in [1.54, 1.807) is 20.3 Å². The lowest BCUT2D eigenvalue weighted by atomic mass is 9.82. The average molecular weight is 382 g/mol. The molecule has 0 bridgehead atoms. The number of carbonyl (C=O) groups is 2. The molecule has 1 fully saturated rings. The number of benzene rings is 1. The number of ether oxygens (including phenoxy) is 2. The van der Waals surface area contributed by atoms with Gasteiger partial charge in [0.25, 0.3) is 0 Å². The van der Waals surface area contributed by atoms with Gasteiger partial charge in [-0.2, -0.15) is 0 Å². The van der Waals surface area contributed by atoms with Gasteiger partial charge in [0, 0.05) is 30.2 Å².